The number of aromatic amines is 1. The van der Waals surface area contributed by atoms with Gasteiger partial charge in [0.05, 0.1) is 0 Å². The van der Waals surface area contributed by atoms with E-state index in [1.54, 1.807) is 12.1 Å². The average molecular weight is 255 g/mol. The lowest BCUT2D eigenvalue weighted by Crippen LogP contribution is -1.89. The van der Waals surface area contributed by atoms with E-state index in [0.29, 0.717) is 16.5 Å². The van der Waals surface area contributed by atoms with Crippen molar-refractivity contribution in [3.8, 4) is 0 Å². The van der Waals surface area contributed by atoms with Crippen LogP contribution < -0.4 is 5.73 Å². The van der Waals surface area contributed by atoms with Gasteiger partial charge < -0.3 is 5.73 Å². The minimum atomic E-state index is 0.709. The van der Waals surface area contributed by atoms with Crippen LogP contribution in [-0.4, -0.2) is 15.2 Å². The van der Waals surface area contributed by atoms with E-state index in [4.69, 9.17) is 17.3 Å². The van der Waals surface area contributed by atoms with Gasteiger partial charge in [0.25, 0.3) is 0 Å². The second-order valence-electron chi connectivity index (χ2n) is 3.34. The fourth-order valence-corrected chi connectivity index (χ4v) is 2.33. The molecule has 0 fully saturated rings. The fraction of sp³-hybridized carbons (Fsp3) is 0.200. The summed E-state index contributed by atoms with van der Waals surface area (Å²) in [5.74, 6) is 1.52. The van der Waals surface area contributed by atoms with E-state index < -0.39 is 0 Å². The van der Waals surface area contributed by atoms with Crippen LogP contribution >= 0.6 is 23.4 Å². The number of halogens is 1. The molecule has 0 spiro atoms. The molecule has 0 saturated carbocycles. The first-order valence-corrected chi connectivity index (χ1v) is 6.07. The summed E-state index contributed by atoms with van der Waals surface area (Å²) in [6.45, 7) is 1.87. The zero-order chi connectivity index (χ0) is 11.5. The van der Waals surface area contributed by atoms with Gasteiger partial charge in [-0.3, -0.25) is 5.10 Å². The summed E-state index contributed by atoms with van der Waals surface area (Å²) in [5.41, 5.74) is 7.40. The first kappa shape index (κ1) is 11.3. The van der Waals surface area contributed by atoms with E-state index in [0.717, 1.165) is 16.5 Å². The number of nitrogen functional groups attached to an aromatic ring is 1. The Morgan fingerprint density at radius 1 is 1.50 bits per heavy atom. The topological polar surface area (TPSA) is 67.6 Å². The number of aromatic nitrogens is 3. The predicted molar refractivity (Wildman–Crippen MR) is 66.5 cm³/mol. The summed E-state index contributed by atoms with van der Waals surface area (Å²) in [5, 5.41) is 8.26. The molecule has 0 aliphatic heterocycles. The minimum absolute atomic E-state index is 0.709. The summed E-state index contributed by atoms with van der Waals surface area (Å²) in [4.78, 5) is 4.20. The molecule has 0 unspecified atom stereocenters. The highest BCUT2D eigenvalue weighted by Gasteiger charge is 2.05. The van der Waals surface area contributed by atoms with Crippen LogP contribution in [0.1, 0.15) is 11.4 Å². The smallest absolute Gasteiger partial charge is 0.208 e. The Hall–Kier alpha value is -1.20. The highest BCUT2D eigenvalue weighted by atomic mass is 35.5. The number of H-pyrrole nitrogens is 1. The summed E-state index contributed by atoms with van der Waals surface area (Å²) in [7, 11) is 0. The maximum atomic E-state index is 6.05. The third kappa shape index (κ3) is 2.68. The molecular formula is C10H11ClN4S. The predicted octanol–water partition coefficient (Wildman–Crippen LogP) is 2.64. The molecule has 0 aliphatic rings. The molecule has 0 amide bonds. The molecule has 0 atom stereocenters. The Kier molecular flexibility index (Phi) is 3.36. The van der Waals surface area contributed by atoms with E-state index in [1.807, 2.05) is 13.0 Å². The van der Waals surface area contributed by atoms with Crippen molar-refractivity contribution in [2.75, 3.05) is 5.73 Å². The van der Waals surface area contributed by atoms with Gasteiger partial charge in [0.1, 0.15) is 5.82 Å². The van der Waals surface area contributed by atoms with Crippen molar-refractivity contribution in [1.29, 1.82) is 0 Å². The van der Waals surface area contributed by atoms with Crippen molar-refractivity contribution in [2.24, 2.45) is 0 Å². The number of benzene rings is 1. The van der Waals surface area contributed by atoms with Crippen LogP contribution in [-0.2, 0) is 5.75 Å². The van der Waals surface area contributed by atoms with Gasteiger partial charge in [-0.25, -0.2) is 4.98 Å². The van der Waals surface area contributed by atoms with Crippen LogP contribution in [0.15, 0.2) is 23.4 Å². The summed E-state index contributed by atoms with van der Waals surface area (Å²) in [6, 6.07) is 5.46. The zero-order valence-corrected chi connectivity index (χ0v) is 10.3. The van der Waals surface area contributed by atoms with Crippen molar-refractivity contribution in [2.45, 2.75) is 17.8 Å². The van der Waals surface area contributed by atoms with Crippen LogP contribution in [0.5, 0.6) is 0 Å². The first-order chi connectivity index (χ1) is 7.65. The maximum absolute atomic E-state index is 6.05. The number of anilines is 1. The first-order valence-electron chi connectivity index (χ1n) is 4.71. The van der Waals surface area contributed by atoms with Crippen LogP contribution in [0.2, 0.25) is 5.02 Å². The molecule has 0 radical (unpaired) electrons. The second kappa shape index (κ2) is 4.76. The normalized spacial score (nSPS) is 10.6. The third-order valence-corrected chi connectivity index (χ3v) is 3.27. The molecule has 6 heteroatoms. The highest BCUT2D eigenvalue weighted by Crippen LogP contribution is 2.26. The Morgan fingerprint density at radius 3 is 3.00 bits per heavy atom. The number of thioether (sulfide) groups is 1. The molecule has 16 heavy (non-hydrogen) atoms. The van der Waals surface area contributed by atoms with Gasteiger partial charge in [-0.05, 0) is 30.7 Å². The van der Waals surface area contributed by atoms with Crippen molar-refractivity contribution < 1.29 is 0 Å². The molecule has 4 nitrogen and oxygen atoms in total. The molecule has 3 N–H and O–H groups in total. The Bertz CT molecular complexity index is 497. The van der Waals surface area contributed by atoms with E-state index in [1.165, 1.54) is 11.8 Å². The van der Waals surface area contributed by atoms with E-state index in [9.17, 15) is 0 Å². The Morgan fingerprint density at radius 2 is 2.31 bits per heavy atom. The van der Waals surface area contributed by atoms with E-state index in [-0.39, 0.29) is 0 Å². The number of nitrogens with two attached hydrogens (primary N) is 1. The number of nitrogens with one attached hydrogen (secondary N) is 1. The van der Waals surface area contributed by atoms with Gasteiger partial charge in [0.2, 0.25) is 5.16 Å². The van der Waals surface area contributed by atoms with E-state index >= 15 is 0 Å². The Labute approximate surface area is 103 Å². The molecule has 0 bridgehead atoms. The van der Waals surface area contributed by atoms with Gasteiger partial charge in [-0.15, -0.1) is 5.10 Å². The van der Waals surface area contributed by atoms with Gasteiger partial charge in [-0.2, -0.15) is 0 Å². The van der Waals surface area contributed by atoms with Gasteiger partial charge in [0, 0.05) is 16.5 Å². The lowest BCUT2D eigenvalue weighted by Gasteiger charge is -2.03. The van der Waals surface area contributed by atoms with Crippen molar-refractivity contribution >= 4 is 29.1 Å². The van der Waals surface area contributed by atoms with Crippen molar-refractivity contribution in [1.82, 2.24) is 15.2 Å². The van der Waals surface area contributed by atoms with Crippen LogP contribution in [0, 0.1) is 6.92 Å². The summed E-state index contributed by atoms with van der Waals surface area (Å²) < 4.78 is 0. The number of nitrogens with zero attached hydrogens (tertiary/aromatic N) is 2. The molecule has 2 rings (SSSR count). The largest absolute Gasteiger partial charge is 0.399 e. The number of hydrogen-bond donors (Lipinski definition) is 2. The molecule has 84 valence electrons. The monoisotopic (exact) mass is 254 g/mol. The second-order valence-corrected chi connectivity index (χ2v) is 4.69. The lowest BCUT2D eigenvalue weighted by molar-refractivity contribution is 0.969. The van der Waals surface area contributed by atoms with E-state index in [2.05, 4.69) is 15.2 Å². The molecule has 1 aromatic heterocycles. The number of aryl methyl sites for hydroxylation is 1. The van der Waals surface area contributed by atoms with Gasteiger partial charge in [-0.1, -0.05) is 23.4 Å². The lowest BCUT2D eigenvalue weighted by atomic mass is 10.2. The summed E-state index contributed by atoms with van der Waals surface area (Å²) >= 11 is 7.57. The van der Waals surface area contributed by atoms with Crippen LogP contribution in [0.4, 0.5) is 5.69 Å². The molecule has 2 aromatic rings. The maximum Gasteiger partial charge on any atom is 0.208 e. The quantitative estimate of drug-likeness (QED) is 0.653. The zero-order valence-electron chi connectivity index (χ0n) is 8.70. The number of hydrogen-bond acceptors (Lipinski definition) is 4. The molecule has 0 saturated heterocycles. The van der Waals surface area contributed by atoms with Crippen molar-refractivity contribution in [3.63, 3.8) is 0 Å². The number of rotatable bonds is 3. The highest BCUT2D eigenvalue weighted by molar-refractivity contribution is 7.98. The fourth-order valence-electron chi connectivity index (χ4n) is 1.23. The van der Waals surface area contributed by atoms with Crippen LogP contribution in [0.3, 0.4) is 0 Å². The van der Waals surface area contributed by atoms with Gasteiger partial charge in [0.15, 0.2) is 0 Å². The molecule has 1 heterocycles. The molecule has 0 aliphatic carbocycles. The standard InChI is InChI=1S/C10H11ClN4S/c1-6-13-10(15-14-6)16-5-7-4-8(12)2-3-9(7)11/h2-4H,5,12H2,1H3,(H,13,14,15). The Balaban J connectivity index is 2.07. The van der Waals surface area contributed by atoms with Crippen LogP contribution in [0.25, 0.3) is 0 Å². The minimum Gasteiger partial charge on any atom is -0.399 e. The summed E-state index contributed by atoms with van der Waals surface area (Å²) in [6.07, 6.45) is 0. The molecular weight excluding hydrogens is 244 g/mol. The average Bonchev–Trinajstić information content (AvgIpc) is 2.66. The molecule has 1 aromatic carbocycles. The van der Waals surface area contributed by atoms with Gasteiger partial charge >= 0.3 is 0 Å². The SMILES string of the molecule is Cc1nc(SCc2cc(N)ccc2Cl)n[nH]1. The third-order valence-electron chi connectivity index (χ3n) is 2.00. The van der Waals surface area contributed by atoms with Crippen molar-refractivity contribution in [3.05, 3.63) is 34.6 Å².